The number of rotatable bonds is 1. The molecule has 1 heterocycles. The van der Waals surface area contributed by atoms with Crippen LogP contribution in [0.3, 0.4) is 0 Å². The number of likely N-dealkylation sites (tertiary alicyclic amines) is 1. The van der Waals surface area contributed by atoms with Gasteiger partial charge in [-0.3, -0.25) is 4.79 Å². The van der Waals surface area contributed by atoms with Crippen LogP contribution in [0.2, 0.25) is 0 Å². The van der Waals surface area contributed by atoms with Gasteiger partial charge in [0.2, 0.25) is 0 Å². The number of aliphatic hydroxyl groups is 1. The second-order valence-corrected chi connectivity index (χ2v) is 6.41. The molecule has 0 aromatic carbocycles. The monoisotopic (exact) mass is 239 g/mol. The molecule has 1 aliphatic heterocycles. The fourth-order valence-corrected chi connectivity index (χ4v) is 3.37. The van der Waals surface area contributed by atoms with Gasteiger partial charge in [-0.05, 0) is 44.9 Å². The van der Waals surface area contributed by atoms with Gasteiger partial charge >= 0.3 is 0 Å². The lowest BCUT2D eigenvalue weighted by Crippen LogP contribution is -2.50. The number of piperidine rings is 1. The van der Waals surface area contributed by atoms with Crippen molar-refractivity contribution in [2.75, 3.05) is 13.1 Å². The van der Waals surface area contributed by atoms with Crippen molar-refractivity contribution in [1.82, 2.24) is 4.90 Å². The molecule has 1 aliphatic carbocycles. The number of hydrogen-bond acceptors (Lipinski definition) is 2. The first kappa shape index (κ1) is 12.9. The molecule has 1 saturated heterocycles. The van der Waals surface area contributed by atoms with Crippen molar-refractivity contribution < 1.29 is 9.90 Å². The van der Waals surface area contributed by atoms with Crippen LogP contribution in [-0.2, 0) is 4.79 Å². The van der Waals surface area contributed by atoms with Gasteiger partial charge in [-0.15, -0.1) is 0 Å². The Morgan fingerprint density at radius 1 is 1.06 bits per heavy atom. The van der Waals surface area contributed by atoms with Crippen LogP contribution >= 0.6 is 0 Å². The zero-order valence-corrected chi connectivity index (χ0v) is 11.2. The average molecular weight is 239 g/mol. The van der Waals surface area contributed by atoms with E-state index in [9.17, 15) is 9.90 Å². The van der Waals surface area contributed by atoms with Crippen LogP contribution in [-0.4, -0.2) is 34.6 Å². The predicted octanol–water partition coefficient (Wildman–Crippen LogP) is 2.33. The van der Waals surface area contributed by atoms with E-state index in [-0.39, 0.29) is 5.91 Å². The zero-order valence-electron chi connectivity index (χ0n) is 11.2. The van der Waals surface area contributed by atoms with Gasteiger partial charge in [-0.1, -0.05) is 19.3 Å². The van der Waals surface area contributed by atoms with E-state index in [4.69, 9.17) is 0 Å². The van der Waals surface area contributed by atoms with Crippen LogP contribution < -0.4 is 0 Å². The second kappa shape index (κ2) is 4.60. The van der Waals surface area contributed by atoms with Crippen LogP contribution in [0.1, 0.15) is 58.8 Å². The Bertz CT molecular complexity index is 277. The van der Waals surface area contributed by atoms with Crippen LogP contribution in [0.4, 0.5) is 0 Å². The first-order valence-corrected chi connectivity index (χ1v) is 6.95. The van der Waals surface area contributed by atoms with E-state index >= 15 is 0 Å². The molecule has 0 atom stereocenters. The summed E-state index contributed by atoms with van der Waals surface area (Å²) >= 11 is 0. The molecule has 0 bridgehead atoms. The molecule has 1 spiro atoms. The third-order valence-electron chi connectivity index (χ3n) is 4.55. The Balaban J connectivity index is 1.91. The molecule has 2 aliphatic rings. The van der Waals surface area contributed by atoms with Gasteiger partial charge in [0, 0.05) is 13.1 Å². The zero-order chi connectivity index (χ0) is 12.5. The lowest BCUT2D eigenvalue weighted by atomic mass is 9.68. The first-order valence-electron chi connectivity index (χ1n) is 6.95. The number of amides is 1. The van der Waals surface area contributed by atoms with E-state index in [1.165, 1.54) is 32.1 Å². The molecule has 3 nitrogen and oxygen atoms in total. The summed E-state index contributed by atoms with van der Waals surface area (Å²) in [5.74, 6) is -0.108. The van der Waals surface area contributed by atoms with Crippen LogP contribution in [0.5, 0.6) is 0 Å². The SMILES string of the molecule is CC(C)(O)C(=O)N1CCC2(CCCCC2)CC1. The Morgan fingerprint density at radius 2 is 1.59 bits per heavy atom. The average Bonchev–Trinajstić information content (AvgIpc) is 2.29. The minimum Gasteiger partial charge on any atom is -0.381 e. The number of nitrogens with zero attached hydrogens (tertiary/aromatic N) is 1. The minimum atomic E-state index is -1.21. The van der Waals surface area contributed by atoms with E-state index < -0.39 is 5.60 Å². The Kier molecular flexibility index (Phi) is 3.48. The highest BCUT2D eigenvalue weighted by molar-refractivity contribution is 5.84. The fraction of sp³-hybridized carbons (Fsp3) is 0.929. The molecule has 0 aromatic rings. The van der Waals surface area contributed by atoms with Crippen molar-refractivity contribution in [2.45, 2.75) is 64.4 Å². The molecule has 17 heavy (non-hydrogen) atoms. The van der Waals surface area contributed by atoms with Crippen molar-refractivity contribution in [3.8, 4) is 0 Å². The standard InChI is InChI=1S/C14H25NO2/c1-13(2,17)12(16)15-10-8-14(9-11-15)6-4-3-5-7-14/h17H,3-11H2,1-2H3. The van der Waals surface area contributed by atoms with Crippen molar-refractivity contribution in [3.05, 3.63) is 0 Å². The highest BCUT2D eigenvalue weighted by Gasteiger charge is 2.39. The van der Waals surface area contributed by atoms with Gasteiger partial charge < -0.3 is 10.0 Å². The van der Waals surface area contributed by atoms with Gasteiger partial charge in [0.25, 0.3) is 5.91 Å². The van der Waals surface area contributed by atoms with Crippen molar-refractivity contribution in [3.63, 3.8) is 0 Å². The minimum absolute atomic E-state index is 0.108. The Morgan fingerprint density at radius 3 is 2.06 bits per heavy atom. The molecule has 1 saturated carbocycles. The largest absolute Gasteiger partial charge is 0.381 e. The number of hydrogen-bond donors (Lipinski definition) is 1. The summed E-state index contributed by atoms with van der Waals surface area (Å²) in [6.07, 6.45) is 9.06. The number of carbonyl (C=O) groups excluding carboxylic acids is 1. The van der Waals surface area contributed by atoms with E-state index in [0.29, 0.717) is 5.41 Å². The summed E-state index contributed by atoms with van der Waals surface area (Å²) in [5, 5.41) is 9.75. The topological polar surface area (TPSA) is 40.5 Å². The maximum absolute atomic E-state index is 12.0. The maximum atomic E-state index is 12.0. The molecule has 0 radical (unpaired) electrons. The van der Waals surface area contributed by atoms with Crippen LogP contribution in [0, 0.1) is 5.41 Å². The maximum Gasteiger partial charge on any atom is 0.253 e. The molecule has 0 aromatic heterocycles. The second-order valence-electron chi connectivity index (χ2n) is 6.41. The van der Waals surface area contributed by atoms with Gasteiger partial charge in [0.15, 0.2) is 0 Å². The van der Waals surface area contributed by atoms with Crippen LogP contribution in [0.15, 0.2) is 0 Å². The normalized spacial score (nSPS) is 25.0. The molecule has 1 amide bonds. The quantitative estimate of drug-likeness (QED) is 0.763. The fourth-order valence-electron chi connectivity index (χ4n) is 3.37. The summed E-state index contributed by atoms with van der Waals surface area (Å²) < 4.78 is 0. The first-order chi connectivity index (χ1) is 7.93. The summed E-state index contributed by atoms with van der Waals surface area (Å²) in [5.41, 5.74) is -0.689. The van der Waals surface area contributed by atoms with Crippen molar-refractivity contribution in [1.29, 1.82) is 0 Å². The lowest BCUT2D eigenvalue weighted by molar-refractivity contribution is -0.150. The highest BCUT2D eigenvalue weighted by Crippen LogP contribution is 2.44. The highest BCUT2D eigenvalue weighted by atomic mass is 16.3. The molecule has 2 rings (SSSR count). The molecule has 3 heteroatoms. The van der Waals surface area contributed by atoms with Crippen LogP contribution in [0.25, 0.3) is 0 Å². The Labute approximate surface area is 104 Å². The van der Waals surface area contributed by atoms with Gasteiger partial charge in [0.05, 0.1) is 0 Å². The van der Waals surface area contributed by atoms with Crippen molar-refractivity contribution >= 4 is 5.91 Å². The summed E-state index contributed by atoms with van der Waals surface area (Å²) in [7, 11) is 0. The van der Waals surface area contributed by atoms with Gasteiger partial charge in [0.1, 0.15) is 5.60 Å². The molecular weight excluding hydrogens is 214 g/mol. The Hall–Kier alpha value is -0.570. The van der Waals surface area contributed by atoms with E-state index in [1.807, 2.05) is 4.90 Å². The molecule has 2 fully saturated rings. The van der Waals surface area contributed by atoms with Crippen molar-refractivity contribution in [2.24, 2.45) is 5.41 Å². The lowest BCUT2D eigenvalue weighted by Gasteiger charge is -2.45. The van der Waals surface area contributed by atoms with E-state index in [1.54, 1.807) is 13.8 Å². The summed E-state index contributed by atoms with van der Waals surface area (Å²) in [4.78, 5) is 13.8. The molecule has 1 N–H and O–H groups in total. The summed E-state index contributed by atoms with van der Waals surface area (Å²) in [6, 6.07) is 0. The van der Waals surface area contributed by atoms with Gasteiger partial charge in [-0.2, -0.15) is 0 Å². The van der Waals surface area contributed by atoms with E-state index in [2.05, 4.69) is 0 Å². The number of carbonyl (C=O) groups is 1. The third-order valence-corrected chi connectivity index (χ3v) is 4.55. The predicted molar refractivity (Wildman–Crippen MR) is 67.6 cm³/mol. The third kappa shape index (κ3) is 2.82. The summed E-state index contributed by atoms with van der Waals surface area (Å²) in [6.45, 7) is 4.84. The molecule has 98 valence electrons. The van der Waals surface area contributed by atoms with E-state index in [0.717, 1.165) is 25.9 Å². The smallest absolute Gasteiger partial charge is 0.253 e. The molecule has 0 unspecified atom stereocenters. The molecular formula is C14H25NO2. The van der Waals surface area contributed by atoms with Gasteiger partial charge in [-0.25, -0.2) is 0 Å².